The molecule has 0 saturated carbocycles. The van der Waals surface area contributed by atoms with Crippen LogP contribution in [-0.4, -0.2) is 5.84 Å². The van der Waals surface area contributed by atoms with Crippen LogP contribution in [-0.2, 0) is 0 Å². The fourth-order valence-corrected chi connectivity index (χ4v) is 1.32. The SMILES string of the molecule is CCC(C(=N)N)c1ccccc1. The van der Waals surface area contributed by atoms with E-state index in [1.165, 1.54) is 0 Å². The van der Waals surface area contributed by atoms with Gasteiger partial charge in [-0.1, -0.05) is 37.3 Å². The average Bonchev–Trinajstić information content (AvgIpc) is 2.07. The van der Waals surface area contributed by atoms with Gasteiger partial charge in [-0.15, -0.1) is 0 Å². The molecule has 0 fully saturated rings. The highest BCUT2D eigenvalue weighted by Crippen LogP contribution is 2.17. The van der Waals surface area contributed by atoms with E-state index in [0.717, 1.165) is 12.0 Å². The summed E-state index contributed by atoms with van der Waals surface area (Å²) < 4.78 is 0. The molecule has 0 heterocycles. The average molecular weight is 162 g/mol. The lowest BCUT2D eigenvalue weighted by atomic mass is 9.96. The zero-order chi connectivity index (χ0) is 8.97. The topological polar surface area (TPSA) is 49.9 Å². The highest BCUT2D eigenvalue weighted by molar-refractivity contribution is 5.84. The molecular weight excluding hydrogens is 148 g/mol. The number of hydrogen-bond acceptors (Lipinski definition) is 1. The third kappa shape index (κ3) is 1.84. The normalized spacial score (nSPS) is 12.4. The van der Waals surface area contributed by atoms with E-state index in [0.29, 0.717) is 0 Å². The molecule has 12 heavy (non-hydrogen) atoms. The van der Waals surface area contributed by atoms with Crippen LogP contribution in [0.5, 0.6) is 0 Å². The Bertz CT molecular complexity index is 254. The van der Waals surface area contributed by atoms with E-state index in [-0.39, 0.29) is 11.8 Å². The van der Waals surface area contributed by atoms with E-state index in [1.807, 2.05) is 37.3 Å². The van der Waals surface area contributed by atoms with Gasteiger partial charge < -0.3 is 5.73 Å². The lowest BCUT2D eigenvalue weighted by Crippen LogP contribution is -2.19. The Labute approximate surface area is 72.9 Å². The summed E-state index contributed by atoms with van der Waals surface area (Å²) >= 11 is 0. The molecule has 0 radical (unpaired) electrons. The predicted octanol–water partition coefficient (Wildman–Crippen LogP) is 2.12. The molecule has 1 rings (SSSR count). The van der Waals surface area contributed by atoms with Crippen molar-refractivity contribution in [2.45, 2.75) is 19.3 Å². The van der Waals surface area contributed by atoms with Crippen molar-refractivity contribution in [1.29, 1.82) is 5.41 Å². The van der Waals surface area contributed by atoms with E-state index in [4.69, 9.17) is 11.1 Å². The number of benzene rings is 1. The molecule has 1 atom stereocenters. The van der Waals surface area contributed by atoms with Gasteiger partial charge in [-0.05, 0) is 12.0 Å². The van der Waals surface area contributed by atoms with Crippen LogP contribution < -0.4 is 5.73 Å². The van der Waals surface area contributed by atoms with Crippen LogP contribution in [0.15, 0.2) is 30.3 Å². The van der Waals surface area contributed by atoms with E-state index < -0.39 is 0 Å². The molecule has 64 valence electrons. The van der Waals surface area contributed by atoms with Gasteiger partial charge in [-0.25, -0.2) is 0 Å². The standard InChI is InChI=1S/C10H14N2/c1-2-9(10(11)12)8-6-4-3-5-7-8/h3-7,9H,2H2,1H3,(H3,11,12). The maximum Gasteiger partial charge on any atom is 0.0981 e. The quantitative estimate of drug-likeness (QED) is 0.519. The van der Waals surface area contributed by atoms with Crippen molar-refractivity contribution in [2.75, 3.05) is 0 Å². The van der Waals surface area contributed by atoms with Gasteiger partial charge >= 0.3 is 0 Å². The van der Waals surface area contributed by atoms with Crippen LogP contribution in [0.2, 0.25) is 0 Å². The van der Waals surface area contributed by atoms with Gasteiger partial charge in [0.05, 0.1) is 5.84 Å². The minimum atomic E-state index is 0.0891. The number of amidine groups is 1. The first kappa shape index (κ1) is 8.78. The summed E-state index contributed by atoms with van der Waals surface area (Å²) in [6, 6.07) is 9.93. The first-order valence-electron chi connectivity index (χ1n) is 4.14. The summed E-state index contributed by atoms with van der Waals surface area (Å²) in [4.78, 5) is 0. The molecule has 0 bridgehead atoms. The van der Waals surface area contributed by atoms with Crippen LogP contribution in [0, 0.1) is 5.41 Å². The van der Waals surface area contributed by atoms with Crippen molar-refractivity contribution >= 4 is 5.84 Å². The van der Waals surface area contributed by atoms with Gasteiger partial charge in [0, 0.05) is 5.92 Å². The van der Waals surface area contributed by atoms with E-state index in [1.54, 1.807) is 0 Å². The second kappa shape index (κ2) is 3.90. The van der Waals surface area contributed by atoms with Gasteiger partial charge in [0.1, 0.15) is 0 Å². The molecule has 0 saturated heterocycles. The molecule has 3 N–H and O–H groups in total. The molecule has 0 aliphatic rings. The highest BCUT2D eigenvalue weighted by Gasteiger charge is 2.10. The van der Waals surface area contributed by atoms with Gasteiger partial charge in [-0.2, -0.15) is 0 Å². The van der Waals surface area contributed by atoms with Crippen molar-refractivity contribution in [3.63, 3.8) is 0 Å². The lowest BCUT2D eigenvalue weighted by molar-refractivity contribution is 0.830. The van der Waals surface area contributed by atoms with Crippen LogP contribution in [0.3, 0.4) is 0 Å². The van der Waals surface area contributed by atoms with Gasteiger partial charge in [-0.3, -0.25) is 5.41 Å². The van der Waals surface area contributed by atoms with Crippen molar-refractivity contribution in [1.82, 2.24) is 0 Å². The number of rotatable bonds is 3. The predicted molar refractivity (Wildman–Crippen MR) is 51.4 cm³/mol. The van der Waals surface area contributed by atoms with Crippen LogP contribution in [0.25, 0.3) is 0 Å². The molecule has 0 aromatic heterocycles. The molecule has 0 amide bonds. The minimum Gasteiger partial charge on any atom is -0.387 e. The maximum atomic E-state index is 7.37. The molecular formula is C10H14N2. The van der Waals surface area contributed by atoms with Crippen molar-refractivity contribution in [3.8, 4) is 0 Å². The molecule has 1 aromatic carbocycles. The summed E-state index contributed by atoms with van der Waals surface area (Å²) in [5, 5.41) is 7.37. The Morgan fingerprint density at radius 2 is 2.00 bits per heavy atom. The Morgan fingerprint density at radius 1 is 1.42 bits per heavy atom. The van der Waals surface area contributed by atoms with Gasteiger partial charge in [0.15, 0.2) is 0 Å². The first-order valence-corrected chi connectivity index (χ1v) is 4.14. The van der Waals surface area contributed by atoms with E-state index >= 15 is 0 Å². The Hall–Kier alpha value is -1.31. The third-order valence-electron chi connectivity index (χ3n) is 1.99. The monoisotopic (exact) mass is 162 g/mol. The summed E-state index contributed by atoms with van der Waals surface area (Å²) in [6.45, 7) is 2.04. The van der Waals surface area contributed by atoms with Crippen molar-refractivity contribution < 1.29 is 0 Å². The third-order valence-corrected chi connectivity index (χ3v) is 1.99. The Morgan fingerprint density at radius 3 is 2.42 bits per heavy atom. The summed E-state index contributed by atoms with van der Waals surface area (Å²) in [5.74, 6) is 0.342. The van der Waals surface area contributed by atoms with Crippen molar-refractivity contribution in [2.24, 2.45) is 5.73 Å². The lowest BCUT2D eigenvalue weighted by Gasteiger charge is -2.12. The fourth-order valence-electron chi connectivity index (χ4n) is 1.32. The molecule has 0 aliphatic heterocycles. The molecule has 1 unspecified atom stereocenters. The zero-order valence-electron chi connectivity index (χ0n) is 7.25. The fraction of sp³-hybridized carbons (Fsp3) is 0.300. The van der Waals surface area contributed by atoms with Crippen LogP contribution >= 0.6 is 0 Å². The second-order valence-corrected chi connectivity index (χ2v) is 2.83. The van der Waals surface area contributed by atoms with Crippen LogP contribution in [0.4, 0.5) is 0 Å². The molecule has 1 aromatic rings. The second-order valence-electron chi connectivity index (χ2n) is 2.83. The number of nitrogens with one attached hydrogen (secondary N) is 1. The molecule has 2 heteroatoms. The molecule has 0 aliphatic carbocycles. The largest absolute Gasteiger partial charge is 0.387 e. The Kier molecular flexibility index (Phi) is 2.86. The van der Waals surface area contributed by atoms with Crippen molar-refractivity contribution in [3.05, 3.63) is 35.9 Å². The maximum absolute atomic E-state index is 7.37. The van der Waals surface area contributed by atoms with Crippen LogP contribution in [0.1, 0.15) is 24.8 Å². The minimum absolute atomic E-state index is 0.0891. The summed E-state index contributed by atoms with van der Waals surface area (Å²) in [6.07, 6.45) is 0.888. The van der Waals surface area contributed by atoms with Gasteiger partial charge in [0.2, 0.25) is 0 Å². The van der Waals surface area contributed by atoms with E-state index in [2.05, 4.69) is 0 Å². The summed E-state index contributed by atoms with van der Waals surface area (Å²) in [7, 11) is 0. The smallest absolute Gasteiger partial charge is 0.0981 e. The number of hydrogen-bond donors (Lipinski definition) is 2. The zero-order valence-corrected chi connectivity index (χ0v) is 7.25. The highest BCUT2D eigenvalue weighted by atomic mass is 14.7. The number of nitrogens with two attached hydrogens (primary N) is 1. The Balaban J connectivity index is 2.88. The van der Waals surface area contributed by atoms with E-state index in [9.17, 15) is 0 Å². The molecule has 0 spiro atoms. The summed E-state index contributed by atoms with van der Waals surface area (Å²) in [5.41, 5.74) is 6.59. The molecule has 2 nitrogen and oxygen atoms in total. The first-order chi connectivity index (χ1) is 5.75. The van der Waals surface area contributed by atoms with Gasteiger partial charge in [0.25, 0.3) is 0 Å².